The maximum atomic E-state index is 4.91. The number of hydroxylamine groups is 1. The highest BCUT2D eigenvalue weighted by Gasteiger charge is 1.86. The second kappa shape index (κ2) is 5.44. The van der Waals surface area contributed by atoms with E-state index < -0.39 is 0 Å². The van der Waals surface area contributed by atoms with Crippen molar-refractivity contribution in [2.45, 2.75) is 13.8 Å². The highest BCUT2D eigenvalue weighted by molar-refractivity contribution is 4.72. The summed E-state index contributed by atoms with van der Waals surface area (Å²) in [6.07, 6.45) is 0. The van der Waals surface area contributed by atoms with Crippen molar-refractivity contribution in [3.05, 3.63) is 12.5 Å². The average molecular weight is 131 g/mol. The zero-order valence-electron chi connectivity index (χ0n) is 5.94. The smallest absolute Gasteiger partial charge is 0.203 e. The first-order valence-corrected chi connectivity index (χ1v) is 3.00. The summed E-state index contributed by atoms with van der Waals surface area (Å²) in [5.74, 6) is 0.458. The molecule has 0 rings (SSSR count). The quantitative estimate of drug-likeness (QED) is 0.446. The molecular weight excluding hydrogens is 118 g/mol. The zero-order valence-corrected chi connectivity index (χ0v) is 5.94. The van der Waals surface area contributed by atoms with Gasteiger partial charge in [-0.3, -0.25) is 4.84 Å². The monoisotopic (exact) mass is 131 g/mol. The summed E-state index contributed by atoms with van der Waals surface area (Å²) in [6, 6.07) is 0. The van der Waals surface area contributed by atoms with Crippen molar-refractivity contribution in [3.8, 4) is 0 Å². The van der Waals surface area contributed by atoms with Gasteiger partial charge in [-0.1, -0.05) is 0 Å². The fraction of sp³-hybridized carbons (Fsp3) is 0.667. The molecule has 0 fully saturated rings. The molecule has 0 saturated heterocycles. The Morgan fingerprint density at radius 1 is 1.44 bits per heavy atom. The van der Waals surface area contributed by atoms with Crippen LogP contribution in [0.15, 0.2) is 12.5 Å². The van der Waals surface area contributed by atoms with Gasteiger partial charge in [0.1, 0.15) is 0 Å². The minimum absolute atomic E-state index is 0.458. The molecule has 0 saturated carbocycles. The van der Waals surface area contributed by atoms with E-state index in [0.29, 0.717) is 19.1 Å². The first kappa shape index (κ1) is 8.30. The molecule has 0 spiro atoms. The van der Waals surface area contributed by atoms with Gasteiger partial charge in [0.15, 0.2) is 0 Å². The highest BCUT2D eigenvalue weighted by Crippen LogP contribution is 1.85. The molecule has 9 heavy (non-hydrogen) atoms. The number of hydrogen-bond donors (Lipinski definition) is 1. The molecule has 0 aliphatic rings. The third-order valence-electron chi connectivity index (χ3n) is 0.649. The van der Waals surface area contributed by atoms with E-state index in [4.69, 9.17) is 9.57 Å². The summed E-state index contributed by atoms with van der Waals surface area (Å²) in [5, 5.41) is 0. The lowest BCUT2D eigenvalue weighted by atomic mass is 10.8. The summed E-state index contributed by atoms with van der Waals surface area (Å²) in [5.41, 5.74) is 2.52. The van der Waals surface area contributed by atoms with Crippen molar-refractivity contribution in [2.24, 2.45) is 0 Å². The number of rotatable bonds is 5. The summed E-state index contributed by atoms with van der Waals surface area (Å²) >= 11 is 0. The van der Waals surface area contributed by atoms with Gasteiger partial charge in [-0.2, -0.15) is 0 Å². The molecule has 0 amide bonds. The molecule has 0 atom stereocenters. The van der Waals surface area contributed by atoms with Gasteiger partial charge in [-0.25, -0.2) is 5.48 Å². The first-order chi connectivity index (χ1) is 4.31. The molecule has 0 aromatic heterocycles. The summed E-state index contributed by atoms with van der Waals surface area (Å²) in [4.78, 5) is 4.77. The Labute approximate surface area is 55.6 Å². The van der Waals surface area contributed by atoms with Crippen LogP contribution >= 0.6 is 0 Å². The van der Waals surface area contributed by atoms with Gasteiger partial charge in [-0.05, 0) is 20.4 Å². The van der Waals surface area contributed by atoms with Crippen molar-refractivity contribution in [1.29, 1.82) is 0 Å². The molecule has 0 aromatic rings. The third kappa shape index (κ3) is 5.17. The average Bonchev–Trinajstić information content (AvgIpc) is 1.85. The molecule has 3 nitrogen and oxygen atoms in total. The van der Waals surface area contributed by atoms with Gasteiger partial charge in [0.2, 0.25) is 5.88 Å². The van der Waals surface area contributed by atoms with Gasteiger partial charge >= 0.3 is 0 Å². The van der Waals surface area contributed by atoms with Crippen LogP contribution in [0.25, 0.3) is 0 Å². The number of ether oxygens (including phenoxy) is 1. The van der Waals surface area contributed by atoms with Crippen LogP contribution in [0.2, 0.25) is 0 Å². The summed E-state index contributed by atoms with van der Waals surface area (Å²) in [7, 11) is 0. The predicted molar refractivity (Wildman–Crippen MR) is 35.5 cm³/mol. The fourth-order valence-electron chi connectivity index (χ4n) is 0.356. The second-order valence-electron chi connectivity index (χ2n) is 1.39. The van der Waals surface area contributed by atoms with Crippen LogP contribution in [0, 0.1) is 0 Å². The molecule has 0 heterocycles. The van der Waals surface area contributed by atoms with Gasteiger partial charge in [0.25, 0.3) is 0 Å². The van der Waals surface area contributed by atoms with Gasteiger partial charge in [0.05, 0.1) is 13.2 Å². The van der Waals surface area contributed by atoms with Crippen LogP contribution < -0.4 is 5.48 Å². The van der Waals surface area contributed by atoms with E-state index in [2.05, 4.69) is 12.1 Å². The Hall–Kier alpha value is -0.700. The normalized spacial score (nSPS) is 8.67. The highest BCUT2D eigenvalue weighted by atomic mass is 16.7. The second-order valence-corrected chi connectivity index (χ2v) is 1.39. The van der Waals surface area contributed by atoms with E-state index in [-0.39, 0.29) is 0 Å². The Bertz CT molecular complexity index is 83.1. The molecule has 54 valence electrons. The SMILES string of the molecule is C=C(NOCC)OCC. The molecule has 0 aliphatic heterocycles. The van der Waals surface area contributed by atoms with Crippen molar-refractivity contribution in [3.63, 3.8) is 0 Å². The molecule has 0 aliphatic carbocycles. The van der Waals surface area contributed by atoms with E-state index in [1.165, 1.54) is 0 Å². The van der Waals surface area contributed by atoms with Crippen LogP contribution in [0.4, 0.5) is 0 Å². The van der Waals surface area contributed by atoms with Crippen molar-refractivity contribution in [2.75, 3.05) is 13.2 Å². The lowest BCUT2D eigenvalue weighted by Crippen LogP contribution is -2.14. The molecule has 3 heteroatoms. The molecule has 0 bridgehead atoms. The van der Waals surface area contributed by atoms with Crippen LogP contribution in [0.1, 0.15) is 13.8 Å². The van der Waals surface area contributed by atoms with E-state index >= 15 is 0 Å². The van der Waals surface area contributed by atoms with E-state index in [1.807, 2.05) is 13.8 Å². The largest absolute Gasteiger partial charge is 0.478 e. The number of nitrogens with one attached hydrogen (secondary N) is 1. The maximum Gasteiger partial charge on any atom is 0.203 e. The Morgan fingerprint density at radius 2 is 2.11 bits per heavy atom. The molecule has 0 radical (unpaired) electrons. The van der Waals surface area contributed by atoms with Crippen LogP contribution in [0.5, 0.6) is 0 Å². The summed E-state index contributed by atoms with van der Waals surface area (Å²) in [6.45, 7) is 8.51. The Balaban J connectivity index is 3.06. The third-order valence-corrected chi connectivity index (χ3v) is 0.649. The fourth-order valence-corrected chi connectivity index (χ4v) is 0.356. The maximum absolute atomic E-state index is 4.91. The Kier molecular flexibility index (Phi) is 5.01. The summed E-state index contributed by atoms with van der Waals surface area (Å²) < 4.78 is 4.91. The first-order valence-electron chi connectivity index (χ1n) is 3.00. The zero-order chi connectivity index (χ0) is 7.11. The minimum atomic E-state index is 0.458. The molecule has 0 aromatic carbocycles. The lowest BCUT2D eigenvalue weighted by Gasteiger charge is -2.07. The van der Waals surface area contributed by atoms with Crippen molar-refractivity contribution in [1.82, 2.24) is 5.48 Å². The van der Waals surface area contributed by atoms with Crippen molar-refractivity contribution >= 4 is 0 Å². The lowest BCUT2D eigenvalue weighted by molar-refractivity contribution is 0.0240. The number of hydrogen-bond acceptors (Lipinski definition) is 3. The van der Waals surface area contributed by atoms with Crippen LogP contribution in [0.3, 0.4) is 0 Å². The van der Waals surface area contributed by atoms with E-state index in [9.17, 15) is 0 Å². The van der Waals surface area contributed by atoms with Crippen LogP contribution in [-0.4, -0.2) is 13.2 Å². The Morgan fingerprint density at radius 3 is 2.56 bits per heavy atom. The topological polar surface area (TPSA) is 30.5 Å². The van der Waals surface area contributed by atoms with E-state index in [1.54, 1.807) is 0 Å². The molecule has 1 N–H and O–H groups in total. The standard InChI is InChI=1S/C6H13NO2/c1-4-8-6(3)7-9-5-2/h7H,3-5H2,1-2H3. The molecular formula is C6H13NO2. The van der Waals surface area contributed by atoms with Gasteiger partial charge < -0.3 is 4.74 Å². The predicted octanol–water partition coefficient (Wildman–Crippen LogP) is 1.04. The van der Waals surface area contributed by atoms with Crippen molar-refractivity contribution < 1.29 is 9.57 Å². The molecule has 0 unspecified atom stereocenters. The minimum Gasteiger partial charge on any atom is -0.478 e. The van der Waals surface area contributed by atoms with Gasteiger partial charge in [0, 0.05) is 0 Å². The van der Waals surface area contributed by atoms with Crippen LogP contribution in [-0.2, 0) is 9.57 Å². The van der Waals surface area contributed by atoms with Gasteiger partial charge in [-0.15, -0.1) is 0 Å². The van der Waals surface area contributed by atoms with E-state index in [0.717, 1.165) is 0 Å².